The molecular weight excluding hydrogens is 653 g/mol. The summed E-state index contributed by atoms with van der Waals surface area (Å²) in [5.74, 6) is -0.547. The van der Waals surface area contributed by atoms with Crippen LogP contribution in [0.15, 0.2) is 77.7 Å². The first kappa shape index (κ1) is 36.2. The lowest BCUT2D eigenvalue weighted by atomic mass is 10.0. The number of amides is 3. The molecule has 0 radical (unpaired) electrons. The number of halogens is 3. The minimum absolute atomic E-state index is 0.0820. The lowest BCUT2D eigenvalue weighted by Gasteiger charge is -2.39. The number of sulfonamides is 1. The molecule has 1 saturated heterocycles. The number of esters is 1. The van der Waals surface area contributed by atoms with Crippen LogP contribution in [0.1, 0.15) is 43.4 Å². The quantitative estimate of drug-likeness (QED) is 0.271. The van der Waals surface area contributed by atoms with Crippen molar-refractivity contribution < 1.29 is 45.4 Å². The second kappa shape index (κ2) is 15.5. The van der Waals surface area contributed by atoms with Gasteiger partial charge in [0.15, 0.2) is 6.61 Å². The van der Waals surface area contributed by atoms with Crippen LogP contribution in [0.2, 0.25) is 0 Å². The fraction of sp³-hybridized carbons (Fsp3) is 0.364. The Morgan fingerprint density at radius 2 is 1.58 bits per heavy atom. The third kappa shape index (κ3) is 9.25. The summed E-state index contributed by atoms with van der Waals surface area (Å²) in [7, 11) is -4.44. The first-order valence-corrected chi connectivity index (χ1v) is 16.6. The van der Waals surface area contributed by atoms with Gasteiger partial charge in [0.1, 0.15) is 11.8 Å². The van der Waals surface area contributed by atoms with Gasteiger partial charge in [-0.2, -0.15) is 17.5 Å². The normalized spacial score (nSPS) is 15.6. The van der Waals surface area contributed by atoms with Crippen LogP contribution >= 0.6 is 0 Å². The number of benzene rings is 3. The molecule has 0 bridgehead atoms. The second-order valence-electron chi connectivity index (χ2n) is 11.3. The molecule has 4 rings (SSSR count). The Balaban J connectivity index is 1.50. The van der Waals surface area contributed by atoms with Gasteiger partial charge in [0.05, 0.1) is 17.1 Å². The number of nitrogens with zero attached hydrogens (tertiary/aromatic N) is 2. The topological polar surface area (TPSA) is 134 Å². The summed E-state index contributed by atoms with van der Waals surface area (Å²) < 4.78 is 77.8. The van der Waals surface area contributed by atoms with Crippen molar-refractivity contribution in [1.82, 2.24) is 14.5 Å². The minimum atomic E-state index is -4.66. The number of carbonyl (C=O) groups excluding carboxylic acids is 3. The Hall–Kier alpha value is -4.63. The van der Waals surface area contributed by atoms with Gasteiger partial charge >= 0.3 is 18.2 Å². The number of piperazine rings is 1. The van der Waals surface area contributed by atoms with Crippen LogP contribution in [0.4, 0.5) is 23.7 Å². The maximum absolute atomic E-state index is 13.7. The highest BCUT2D eigenvalue weighted by atomic mass is 32.2. The van der Waals surface area contributed by atoms with E-state index in [2.05, 4.69) is 10.6 Å². The molecule has 1 aliphatic rings. The van der Waals surface area contributed by atoms with E-state index in [1.165, 1.54) is 17.0 Å². The standard InChI is InChI=1S/C33H37F3N4O7S/c1-4-46-30(41)21-47-27-13-11-26(12-14-27)38-32(43)39-17-18-40(48(44,45)28-15-9-25(10-16-28)33(34,35)36)29(20-39)31(42)37-19-23-5-7-24(8-6-23)22(2)3/h5-16,22,29H,4,17-21H2,1-3H3,(H,37,42)(H,38,43). The number of hydrogen-bond donors (Lipinski definition) is 2. The maximum Gasteiger partial charge on any atom is 0.416 e. The van der Waals surface area contributed by atoms with E-state index in [1.54, 1.807) is 19.1 Å². The molecule has 3 aromatic carbocycles. The Labute approximate surface area is 277 Å². The zero-order chi connectivity index (χ0) is 35.1. The molecule has 3 amide bonds. The van der Waals surface area contributed by atoms with Gasteiger partial charge in [-0.1, -0.05) is 38.1 Å². The third-order valence-electron chi connectivity index (χ3n) is 7.59. The number of urea groups is 1. The number of rotatable bonds is 11. The number of nitrogens with one attached hydrogen (secondary N) is 2. The van der Waals surface area contributed by atoms with E-state index in [4.69, 9.17) is 9.47 Å². The zero-order valence-electron chi connectivity index (χ0n) is 26.6. The van der Waals surface area contributed by atoms with Gasteiger partial charge in [-0.25, -0.2) is 18.0 Å². The molecule has 258 valence electrons. The smallest absolute Gasteiger partial charge is 0.416 e. The van der Waals surface area contributed by atoms with Gasteiger partial charge in [0.25, 0.3) is 0 Å². The van der Waals surface area contributed by atoms with E-state index in [-0.39, 0.29) is 39.4 Å². The predicted molar refractivity (Wildman–Crippen MR) is 171 cm³/mol. The van der Waals surface area contributed by atoms with Gasteiger partial charge in [-0.05, 0) is 72.5 Å². The highest BCUT2D eigenvalue weighted by Crippen LogP contribution is 2.31. The van der Waals surface area contributed by atoms with Crippen LogP contribution in [0.25, 0.3) is 0 Å². The molecule has 1 unspecified atom stereocenters. The van der Waals surface area contributed by atoms with Gasteiger partial charge in [0, 0.05) is 31.9 Å². The van der Waals surface area contributed by atoms with Crippen molar-refractivity contribution in [2.75, 3.05) is 38.2 Å². The molecule has 0 spiro atoms. The predicted octanol–water partition coefficient (Wildman–Crippen LogP) is 4.99. The van der Waals surface area contributed by atoms with Gasteiger partial charge in [-0.3, -0.25) is 4.79 Å². The minimum Gasteiger partial charge on any atom is -0.482 e. The molecule has 1 aliphatic heterocycles. The van der Waals surface area contributed by atoms with Crippen molar-refractivity contribution >= 4 is 33.6 Å². The summed E-state index contributed by atoms with van der Waals surface area (Å²) in [6, 6.07) is 14.7. The van der Waals surface area contributed by atoms with E-state index < -0.39 is 50.6 Å². The van der Waals surface area contributed by atoms with Crippen molar-refractivity contribution in [3.05, 3.63) is 89.5 Å². The van der Waals surface area contributed by atoms with Crippen molar-refractivity contribution in [2.24, 2.45) is 0 Å². The third-order valence-corrected chi connectivity index (χ3v) is 9.51. The summed E-state index contributed by atoms with van der Waals surface area (Å²) >= 11 is 0. The highest BCUT2D eigenvalue weighted by molar-refractivity contribution is 7.89. The fourth-order valence-electron chi connectivity index (χ4n) is 4.91. The van der Waals surface area contributed by atoms with Crippen LogP contribution < -0.4 is 15.4 Å². The van der Waals surface area contributed by atoms with E-state index in [0.29, 0.717) is 29.5 Å². The average molecular weight is 691 g/mol. The average Bonchev–Trinajstić information content (AvgIpc) is 3.06. The second-order valence-corrected chi connectivity index (χ2v) is 13.2. The Bertz CT molecular complexity index is 1680. The van der Waals surface area contributed by atoms with Crippen molar-refractivity contribution in [3.8, 4) is 5.75 Å². The summed E-state index contributed by atoms with van der Waals surface area (Å²) in [5, 5.41) is 5.44. The van der Waals surface area contributed by atoms with Crippen molar-refractivity contribution in [1.29, 1.82) is 0 Å². The van der Waals surface area contributed by atoms with E-state index in [9.17, 15) is 36.0 Å². The van der Waals surface area contributed by atoms with E-state index >= 15 is 0 Å². The lowest BCUT2D eigenvalue weighted by molar-refractivity contribution is -0.145. The first-order valence-electron chi connectivity index (χ1n) is 15.2. The molecule has 3 aromatic rings. The molecule has 2 N–H and O–H groups in total. The van der Waals surface area contributed by atoms with Crippen molar-refractivity contribution in [2.45, 2.75) is 50.3 Å². The summed E-state index contributed by atoms with van der Waals surface area (Å²) in [6.45, 7) is 5.06. The molecule has 15 heteroatoms. The fourth-order valence-corrected chi connectivity index (χ4v) is 6.48. The molecule has 0 saturated carbocycles. The zero-order valence-corrected chi connectivity index (χ0v) is 27.4. The number of ether oxygens (including phenoxy) is 2. The summed E-state index contributed by atoms with van der Waals surface area (Å²) in [5.41, 5.74) is 1.23. The first-order chi connectivity index (χ1) is 22.7. The van der Waals surface area contributed by atoms with Crippen LogP contribution in [0.3, 0.4) is 0 Å². The molecule has 1 atom stereocenters. The van der Waals surface area contributed by atoms with E-state index in [1.807, 2.05) is 38.1 Å². The Kier molecular flexibility index (Phi) is 11.7. The largest absolute Gasteiger partial charge is 0.482 e. The van der Waals surface area contributed by atoms with Crippen molar-refractivity contribution in [3.63, 3.8) is 0 Å². The van der Waals surface area contributed by atoms with Crippen LogP contribution in [-0.2, 0) is 37.1 Å². The van der Waals surface area contributed by atoms with Crippen LogP contribution in [-0.4, -0.2) is 74.4 Å². The van der Waals surface area contributed by atoms with Gasteiger partial charge < -0.3 is 25.0 Å². The molecule has 48 heavy (non-hydrogen) atoms. The number of anilines is 1. The highest BCUT2D eigenvalue weighted by Gasteiger charge is 2.42. The molecular formula is C33H37F3N4O7S. The maximum atomic E-state index is 13.7. The van der Waals surface area contributed by atoms with Gasteiger partial charge in [0.2, 0.25) is 15.9 Å². The Morgan fingerprint density at radius 3 is 2.17 bits per heavy atom. The summed E-state index contributed by atoms with van der Waals surface area (Å²) in [6.07, 6.45) is -4.66. The Morgan fingerprint density at radius 1 is 0.938 bits per heavy atom. The molecule has 11 nitrogen and oxygen atoms in total. The number of alkyl halides is 3. The van der Waals surface area contributed by atoms with E-state index in [0.717, 1.165) is 27.6 Å². The van der Waals surface area contributed by atoms with Crippen LogP contribution in [0.5, 0.6) is 5.75 Å². The molecule has 0 aromatic heterocycles. The monoisotopic (exact) mass is 690 g/mol. The lowest BCUT2D eigenvalue weighted by Crippen LogP contribution is -2.61. The molecule has 0 aliphatic carbocycles. The summed E-state index contributed by atoms with van der Waals surface area (Å²) in [4.78, 5) is 39.2. The van der Waals surface area contributed by atoms with Gasteiger partial charge in [-0.15, -0.1) is 0 Å². The molecule has 1 fully saturated rings. The van der Waals surface area contributed by atoms with Crippen LogP contribution in [0, 0.1) is 0 Å². The number of carbonyl (C=O) groups is 3. The SMILES string of the molecule is CCOC(=O)COc1ccc(NC(=O)N2CCN(S(=O)(=O)c3ccc(C(F)(F)F)cc3)C(C(=O)NCc3ccc(C(C)C)cc3)C2)cc1. The number of hydrogen-bond acceptors (Lipinski definition) is 7. The molecule has 1 heterocycles.